The molecule has 0 atom stereocenters. The fraction of sp³-hybridized carbons (Fsp3) is 0.444. The van der Waals surface area contributed by atoms with Crippen LogP contribution in [0.25, 0.3) is 10.8 Å². The molecule has 0 saturated heterocycles. The molecule has 2 nitrogen and oxygen atoms in total. The van der Waals surface area contributed by atoms with E-state index in [9.17, 15) is 8.42 Å². The number of rotatable bonds is 1. The summed E-state index contributed by atoms with van der Waals surface area (Å²) in [6, 6.07) is 0. The van der Waals surface area contributed by atoms with Crippen LogP contribution >= 0.6 is 0 Å². The van der Waals surface area contributed by atoms with Gasteiger partial charge in [-0.1, -0.05) is 0 Å². The summed E-state index contributed by atoms with van der Waals surface area (Å²) in [5, 5.41) is 2.33. The van der Waals surface area contributed by atoms with E-state index in [0.717, 1.165) is 22.1 Å². The van der Waals surface area contributed by atoms with Gasteiger partial charge in [0.2, 0.25) is 0 Å². The molecule has 0 radical (unpaired) electrons. The second-order valence-electron chi connectivity index (χ2n) is 6.23. The van der Waals surface area contributed by atoms with Crippen LogP contribution in [0, 0.1) is 48.5 Å². The number of fused-ring (bicyclic) bond motifs is 1. The summed E-state index contributed by atoms with van der Waals surface area (Å²) in [6.45, 7) is 14.4. The first-order valence-corrected chi connectivity index (χ1v) is 9.09. The molecule has 0 amide bonds. The van der Waals surface area contributed by atoms with E-state index in [4.69, 9.17) is 0 Å². The number of aryl methyl sites for hydroxylation is 4. The van der Waals surface area contributed by atoms with Crippen LogP contribution in [0.2, 0.25) is 0 Å². The third kappa shape index (κ3) is 2.18. The normalized spacial score (nSPS) is 12.2. The molecule has 0 heterocycles. The molecule has 0 aliphatic carbocycles. The summed E-state index contributed by atoms with van der Waals surface area (Å²) in [4.78, 5) is 0.498. The maximum atomic E-state index is 12.2. The van der Waals surface area contributed by atoms with Crippen molar-refractivity contribution < 1.29 is 8.42 Å². The summed E-state index contributed by atoms with van der Waals surface area (Å²) in [5.41, 5.74) is 7.86. The van der Waals surface area contributed by atoms with Crippen LogP contribution in [-0.2, 0) is 9.84 Å². The Hall–Kier alpha value is -1.35. The first kappa shape index (κ1) is 16.0. The van der Waals surface area contributed by atoms with Crippen molar-refractivity contribution >= 4 is 20.6 Å². The van der Waals surface area contributed by atoms with Gasteiger partial charge >= 0.3 is 0 Å². The minimum absolute atomic E-state index is 0.498. The van der Waals surface area contributed by atoms with Crippen molar-refractivity contribution in [1.82, 2.24) is 0 Å². The molecule has 0 spiro atoms. The Labute approximate surface area is 128 Å². The van der Waals surface area contributed by atoms with Crippen molar-refractivity contribution in [3.8, 4) is 0 Å². The summed E-state index contributed by atoms with van der Waals surface area (Å²) in [7, 11) is -3.23. The molecule has 0 saturated carbocycles. The largest absolute Gasteiger partial charge is 0.224 e. The van der Waals surface area contributed by atoms with Gasteiger partial charge in [0, 0.05) is 6.26 Å². The van der Waals surface area contributed by atoms with E-state index in [-0.39, 0.29) is 0 Å². The maximum Gasteiger partial charge on any atom is 0.176 e. The van der Waals surface area contributed by atoms with Crippen molar-refractivity contribution in [2.24, 2.45) is 0 Å². The zero-order chi connectivity index (χ0) is 16.3. The van der Waals surface area contributed by atoms with Gasteiger partial charge in [0.15, 0.2) is 9.84 Å². The van der Waals surface area contributed by atoms with E-state index in [2.05, 4.69) is 27.7 Å². The smallest absolute Gasteiger partial charge is 0.176 e. The Morgan fingerprint density at radius 3 is 1.24 bits per heavy atom. The standard InChI is InChI=1S/C18H24O2S/c1-9-10(2)12(4)17-15(7)18(21(8,19)20)14(6)13(5)16(17)11(9)3/h1-8H3. The van der Waals surface area contributed by atoms with Crippen LogP contribution in [0.4, 0.5) is 0 Å². The van der Waals surface area contributed by atoms with Gasteiger partial charge in [0.25, 0.3) is 0 Å². The lowest BCUT2D eigenvalue weighted by atomic mass is 9.86. The molecule has 0 bridgehead atoms. The molecule has 0 N–H and O–H groups in total. The zero-order valence-electron chi connectivity index (χ0n) is 14.2. The predicted molar refractivity (Wildman–Crippen MR) is 90.2 cm³/mol. The van der Waals surface area contributed by atoms with Crippen molar-refractivity contribution in [3.63, 3.8) is 0 Å². The quantitative estimate of drug-likeness (QED) is 0.782. The SMILES string of the molecule is Cc1c(C)c(C)c2c(C)c(S(C)(=O)=O)c(C)c(C)c2c1C. The number of hydrogen-bond acceptors (Lipinski definition) is 2. The van der Waals surface area contributed by atoms with Gasteiger partial charge in [0.05, 0.1) is 4.90 Å². The zero-order valence-corrected chi connectivity index (χ0v) is 15.0. The molecule has 0 unspecified atom stereocenters. The summed E-state index contributed by atoms with van der Waals surface area (Å²) in [6.07, 6.45) is 1.30. The van der Waals surface area contributed by atoms with E-state index in [1.165, 1.54) is 33.9 Å². The lowest BCUT2D eigenvalue weighted by Gasteiger charge is -2.22. The Balaban J connectivity index is 3.27. The summed E-state index contributed by atoms with van der Waals surface area (Å²) >= 11 is 0. The van der Waals surface area contributed by atoms with Gasteiger partial charge < -0.3 is 0 Å². The van der Waals surface area contributed by atoms with Crippen molar-refractivity contribution in [3.05, 3.63) is 38.9 Å². The highest BCUT2D eigenvalue weighted by Crippen LogP contribution is 2.38. The maximum absolute atomic E-state index is 12.2. The summed E-state index contributed by atoms with van der Waals surface area (Å²) < 4.78 is 24.4. The van der Waals surface area contributed by atoms with Gasteiger partial charge in [-0.3, -0.25) is 0 Å². The van der Waals surface area contributed by atoms with Gasteiger partial charge in [-0.25, -0.2) is 8.42 Å². The highest BCUT2D eigenvalue weighted by Gasteiger charge is 2.22. The Kier molecular flexibility index (Phi) is 3.69. The van der Waals surface area contributed by atoms with Crippen molar-refractivity contribution in [2.75, 3.05) is 6.26 Å². The molecule has 2 aromatic carbocycles. The monoisotopic (exact) mass is 304 g/mol. The Morgan fingerprint density at radius 1 is 0.524 bits per heavy atom. The number of benzene rings is 2. The minimum atomic E-state index is -3.23. The second-order valence-corrected chi connectivity index (χ2v) is 8.18. The molecule has 2 rings (SSSR count). The van der Waals surface area contributed by atoms with E-state index < -0.39 is 9.84 Å². The van der Waals surface area contributed by atoms with E-state index in [1.54, 1.807) is 0 Å². The summed E-state index contributed by atoms with van der Waals surface area (Å²) in [5.74, 6) is 0. The van der Waals surface area contributed by atoms with E-state index in [0.29, 0.717) is 4.90 Å². The molecule has 21 heavy (non-hydrogen) atoms. The fourth-order valence-electron chi connectivity index (χ4n) is 3.56. The van der Waals surface area contributed by atoms with E-state index >= 15 is 0 Å². The highest BCUT2D eigenvalue weighted by atomic mass is 32.2. The first-order chi connectivity index (χ1) is 9.50. The van der Waals surface area contributed by atoms with Gasteiger partial charge in [-0.15, -0.1) is 0 Å². The average Bonchev–Trinajstić information content (AvgIpc) is 2.36. The van der Waals surface area contributed by atoms with Crippen LogP contribution in [0.15, 0.2) is 4.90 Å². The Bertz CT molecular complexity index is 873. The van der Waals surface area contributed by atoms with Crippen LogP contribution in [0.1, 0.15) is 38.9 Å². The molecule has 0 aliphatic heterocycles. The molecule has 0 aliphatic rings. The molecule has 3 heteroatoms. The van der Waals surface area contributed by atoms with Crippen LogP contribution in [0.3, 0.4) is 0 Å². The number of hydrogen-bond donors (Lipinski definition) is 0. The van der Waals surface area contributed by atoms with Gasteiger partial charge in [-0.05, 0) is 98.2 Å². The lowest BCUT2D eigenvalue weighted by Crippen LogP contribution is -2.08. The van der Waals surface area contributed by atoms with Gasteiger partial charge in [0.1, 0.15) is 0 Å². The van der Waals surface area contributed by atoms with Crippen LogP contribution < -0.4 is 0 Å². The van der Waals surface area contributed by atoms with Crippen LogP contribution in [-0.4, -0.2) is 14.7 Å². The average molecular weight is 304 g/mol. The third-order valence-corrected chi connectivity index (χ3v) is 6.41. The first-order valence-electron chi connectivity index (χ1n) is 7.20. The Morgan fingerprint density at radius 2 is 0.857 bits per heavy atom. The predicted octanol–water partition coefficient (Wildman–Crippen LogP) is 4.40. The van der Waals surface area contributed by atoms with Crippen molar-refractivity contribution in [1.29, 1.82) is 0 Å². The number of sulfone groups is 1. The molecular formula is C18H24O2S. The fourth-order valence-corrected chi connectivity index (χ4v) is 4.93. The highest BCUT2D eigenvalue weighted by molar-refractivity contribution is 7.90. The van der Waals surface area contributed by atoms with Crippen LogP contribution in [0.5, 0.6) is 0 Å². The topological polar surface area (TPSA) is 34.1 Å². The molecule has 114 valence electrons. The minimum Gasteiger partial charge on any atom is -0.224 e. The molecule has 0 aromatic heterocycles. The van der Waals surface area contributed by atoms with E-state index in [1.807, 2.05) is 20.8 Å². The third-order valence-electron chi connectivity index (χ3n) is 5.05. The molecule has 2 aromatic rings. The lowest BCUT2D eigenvalue weighted by molar-refractivity contribution is 0.600. The molecular weight excluding hydrogens is 280 g/mol. The van der Waals surface area contributed by atoms with Crippen molar-refractivity contribution in [2.45, 2.75) is 53.4 Å². The second kappa shape index (κ2) is 4.84. The molecule has 0 fully saturated rings. The van der Waals surface area contributed by atoms with Gasteiger partial charge in [-0.2, -0.15) is 0 Å².